The molecule has 1 aromatic heterocycles. The molecule has 0 bridgehead atoms. The van der Waals surface area contributed by atoms with Gasteiger partial charge in [0, 0.05) is 26.2 Å². The van der Waals surface area contributed by atoms with Crippen molar-refractivity contribution in [1.82, 2.24) is 15.0 Å². The van der Waals surface area contributed by atoms with E-state index < -0.39 is 30.0 Å². The summed E-state index contributed by atoms with van der Waals surface area (Å²) in [5.41, 5.74) is 5.29. The van der Waals surface area contributed by atoms with Gasteiger partial charge in [-0.3, -0.25) is 9.11 Å². The molecule has 170 valence electrons. The Morgan fingerprint density at radius 1 is 1.03 bits per heavy atom. The average molecular weight is 476 g/mol. The van der Waals surface area contributed by atoms with Gasteiger partial charge < -0.3 is 26.0 Å². The van der Waals surface area contributed by atoms with Gasteiger partial charge in [0.2, 0.25) is 17.8 Å². The maximum Gasteiger partial charge on any atom is 0.296 e. The van der Waals surface area contributed by atoms with Gasteiger partial charge in [-0.15, -0.1) is 0 Å². The predicted molar refractivity (Wildman–Crippen MR) is 110 cm³/mol. The first-order valence-corrected chi connectivity index (χ1v) is 11.8. The van der Waals surface area contributed by atoms with E-state index in [0.717, 1.165) is 12.1 Å². The Bertz CT molecular complexity index is 1150. The highest BCUT2D eigenvalue weighted by Crippen LogP contribution is 2.27. The Morgan fingerprint density at radius 2 is 1.71 bits per heavy atom. The summed E-state index contributed by atoms with van der Waals surface area (Å²) in [5.74, 6) is 0.399. The van der Waals surface area contributed by atoms with Crippen molar-refractivity contribution in [2.24, 2.45) is 5.73 Å². The Kier molecular flexibility index (Phi) is 6.87. The lowest BCUT2D eigenvalue weighted by molar-refractivity contribution is 0.122. The molecule has 0 amide bonds. The van der Waals surface area contributed by atoms with Crippen molar-refractivity contribution in [2.75, 3.05) is 54.9 Å². The average Bonchev–Trinajstić information content (AvgIpc) is 2.71. The highest BCUT2D eigenvalue weighted by Gasteiger charge is 2.22. The van der Waals surface area contributed by atoms with Crippen LogP contribution in [-0.2, 0) is 25.0 Å². The van der Waals surface area contributed by atoms with E-state index in [9.17, 15) is 21.4 Å². The number of nitrogens with two attached hydrogens (primary N) is 1. The van der Waals surface area contributed by atoms with Gasteiger partial charge in [-0.1, -0.05) is 0 Å². The van der Waals surface area contributed by atoms with Crippen LogP contribution in [0.25, 0.3) is 0 Å². The van der Waals surface area contributed by atoms with Crippen LogP contribution in [0.1, 0.15) is 0 Å². The second-order valence-corrected chi connectivity index (χ2v) is 9.14. The van der Waals surface area contributed by atoms with Gasteiger partial charge >= 0.3 is 0 Å². The largest absolute Gasteiger partial charge is 0.378 e. The summed E-state index contributed by atoms with van der Waals surface area (Å²) < 4.78 is 70.2. The third kappa shape index (κ3) is 5.96. The van der Waals surface area contributed by atoms with E-state index in [1.54, 1.807) is 0 Å². The second-order valence-electron chi connectivity index (χ2n) is 6.33. The van der Waals surface area contributed by atoms with Crippen molar-refractivity contribution in [3.8, 4) is 0 Å². The van der Waals surface area contributed by atoms with E-state index in [4.69, 9.17) is 15.0 Å². The van der Waals surface area contributed by atoms with Gasteiger partial charge in [0.05, 0.1) is 23.8 Å². The van der Waals surface area contributed by atoms with E-state index in [-0.39, 0.29) is 17.6 Å². The smallest absolute Gasteiger partial charge is 0.296 e. The molecule has 0 spiro atoms. The monoisotopic (exact) mass is 475 g/mol. The lowest BCUT2D eigenvalue weighted by atomic mass is 10.3. The standard InChI is InChI=1S/C15H21N7O7S2/c16-3-4-17-13-19-14(21-15(20-13)22-5-7-29-8-6-22)18-11-2-1-10(30(23,24)25)9-12(11)31(26,27)28/h1-2,9H,3-8,16H2,(H,23,24,25)(H,26,27,28)(H2,17,18,19,20,21). The van der Waals surface area contributed by atoms with Gasteiger partial charge in [-0.05, 0) is 18.2 Å². The van der Waals surface area contributed by atoms with Crippen LogP contribution in [0.5, 0.6) is 0 Å². The number of hydrogen-bond donors (Lipinski definition) is 5. The van der Waals surface area contributed by atoms with Crippen molar-refractivity contribution in [3.63, 3.8) is 0 Å². The maximum absolute atomic E-state index is 11.8. The molecular formula is C15H21N7O7S2. The third-order valence-corrected chi connectivity index (χ3v) is 5.86. The number of morpholine rings is 1. The lowest BCUT2D eigenvalue weighted by Gasteiger charge is -2.27. The molecule has 31 heavy (non-hydrogen) atoms. The zero-order valence-corrected chi connectivity index (χ0v) is 17.7. The van der Waals surface area contributed by atoms with E-state index in [1.807, 2.05) is 4.90 Å². The number of anilines is 4. The molecule has 6 N–H and O–H groups in total. The number of benzene rings is 1. The minimum atomic E-state index is -4.86. The van der Waals surface area contributed by atoms with Crippen LogP contribution in [0.3, 0.4) is 0 Å². The molecule has 0 aliphatic carbocycles. The van der Waals surface area contributed by atoms with Gasteiger partial charge in [0.25, 0.3) is 20.2 Å². The molecule has 0 radical (unpaired) electrons. The summed E-state index contributed by atoms with van der Waals surface area (Å²) in [6.07, 6.45) is 0. The summed E-state index contributed by atoms with van der Waals surface area (Å²) in [6.45, 7) is 2.68. The van der Waals surface area contributed by atoms with Crippen molar-refractivity contribution in [3.05, 3.63) is 18.2 Å². The van der Waals surface area contributed by atoms with Crippen LogP contribution in [-0.4, -0.2) is 80.3 Å². The zero-order valence-electron chi connectivity index (χ0n) is 16.1. The Morgan fingerprint density at radius 3 is 2.32 bits per heavy atom. The molecule has 2 aromatic rings. The summed E-state index contributed by atoms with van der Waals surface area (Å²) in [6, 6.07) is 2.63. The van der Waals surface area contributed by atoms with Crippen LogP contribution in [0, 0.1) is 0 Å². The van der Waals surface area contributed by atoms with Crippen LogP contribution < -0.4 is 21.3 Å². The van der Waals surface area contributed by atoms with E-state index >= 15 is 0 Å². The Hall–Kier alpha value is -2.63. The maximum atomic E-state index is 11.8. The van der Waals surface area contributed by atoms with Gasteiger partial charge in [0.1, 0.15) is 4.90 Å². The van der Waals surface area contributed by atoms with E-state index in [2.05, 4.69) is 25.6 Å². The molecule has 1 aliphatic heterocycles. The topological polar surface area (TPSA) is 210 Å². The molecule has 1 saturated heterocycles. The Balaban J connectivity index is 2.02. The molecule has 1 aliphatic rings. The number of rotatable bonds is 8. The van der Waals surface area contributed by atoms with Gasteiger partial charge in [-0.2, -0.15) is 31.8 Å². The molecule has 0 unspecified atom stereocenters. The molecular weight excluding hydrogens is 454 g/mol. The molecule has 1 aromatic carbocycles. The fourth-order valence-corrected chi connectivity index (χ4v) is 3.94. The quantitative estimate of drug-likeness (QED) is 0.299. The minimum Gasteiger partial charge on any atom is -0.378 e. The van der Waals surface area contributed by atoms with Crippen molar-refractivity contribution < 1.29 is 30.7 Å². The molecule has 1 fully saturated rings. The number of hydrogen-bond acceptors (Lipinski definition) is 12. The number of nitrogens with zero attached hydrogens (tertiary/aromatic N) is 4. The first-order valence-electron chi connectivity index (χ1n) is 8.96. The summed E-state index contributed by atoms with van der Waals surface area (Å²) >= 11 is 0. The third-order valence-electron chi connectivity index (χ3n) is 4.12. The van der Waals surface area contributed by atoms with Crippen LogP contribution >= 0.6 is 0 Å². The lowest BCUT2D eigenvalue weighted by Crippen LogP contribution is -2.37. The fraction of sp³-hybridized carbons (Fsp3) is 0.400. The summed E-state index contributed by atoms with van der Waals surface area (Å²) in [5, 5.41) is 5.56. The van der Waals surface area contributed by atoms with Crippen LogP contribution in [0.15, 0.2) is 28.0 Å². The summed E-state index contributed by atoms with van der Waals surface area (Å²) in [7, 11) is -9.56. The molecule has 3 rings (SSSR count). The van der Waals surface area contributed by atoms with Crippen molar-refractivity contribution >= 4 is 43.8 Å². The first-order chi connectivity index (χ1) is 14.6. The SMILES string of the molecule is NCCNc1nc(Nc2ccc(S(=O)(=O)O)cc2S(=O)(=O)O)nc(N2CCOCC2)n1. The van der Waals surface area contributed by atoms with E-state index in [1.165, 1.54) is 0 Å². The number of ether oxygens (including phenoxy) is 1. The van der Waals surface area contributed by atoms with Crippen molar-refractivity contribution in [2.45, 2.75) is 9.79 Å². The van der Waals surface area contributed by atoms with E-state index in [0.29, 0.717) is 51.4 Å². The minimum absolute atomic E-state index is 0.0690. The van der Waals surface area contributed by atoms with Crippen molar-refractivity contribution in [1.29, 1.82) is 0 Å². The first kappa shape index (κ1) is 23.0. The van der Waals surface area contributed by atoms with Crippen LogP contribution in [0.2, 0.25) is 0 Å². The Labute approximate surface area is 178 Å². The highest BCUT2D eigenvalue weighted by molar-refractivity contribution is 7.86. The molecule has 2 heterocycles. The number of nitrogens with one attached hydrogen (secondary N) is 2. The second kappa shape index (κ2) is 9.25. The number of aromatic nitrogens is 3. The molecule has 0 saturated carbocycles. The van der Waals surface area contributed by atoms with Crippen LogP contribution in [0.4, 0.5) is 23.5 Å². The zero-order chi connectivity index (χ0) is 22.6. The fourth-order valence-electron chi connectivity index (χ4n) is 2.69. The predicted octanol–water partition coefficient (Wildman–Crippen LogP) is -0.684. The highest BCUT2D eigenvalue weighted by atomic mass is 32.2. The summed E-state index contributed by atoms with van der Waals surface area (Å²) in [4.78, 5) is 13.1. The molecule has 14 nitrogen and oxygen atoms in total. The molecule has 0 atom stereocenters. The molecule has 16 heteroatoms. The van der Waals surface area contributed by atoms with Gasteiger partial charge in [-0.25, -0.2) is 0 Å². The normalized spacial score (nSPS) is 15.0. The van der Waals surface area contributed by atoms with Gasteiger partial charge in [0.15, 0.2) is 0 Å².